The van der Waals surface area contributed by atoms with E-state index in [1.165, 1.54) is 0 Å². The van der Waals surface area contributed by atoms with Crippen molar-refractivity contribution in [1.82, 2.24) is 15.8 Å². The second kappa shape index (κ2) is 18.6. The molecule has 1 aromatic carbocycles. The number of hydrogen-bond acceptors (Lipinski definition) is 8. The molecule has 11 heteroatoms. The van der Waals surface area contributed by atoms with Crippen molar-refractivity contribution >= 4 is 27.7 Å². The van der Waals surface area contributed by atoms with E-state index in [0.29, 0.717) is 26.0 Å². The van der Waals surface area contributed by atoms with Gasteiger partial charge in [-0.05, 0) is 69.1 Å². The third-order valence-electron chi connectivity index (χ3n) is 8.29. The van der Waals surface area contributed by atoms with Crippen molar-refractivity contribution in [3.8, 4) is 0 Å². The number of nitrogens with zero attached hydrogens (tertiary/aromatic N) is 1. The molecule has 10 nitrogen and oxygen atoms in total. The normalized spacial score (nSPS) is 18.8. The van der Waals surface area contributed by atoms with Crippen LogP contribution in [0.3, 0.4) is 0 Å². The van der Waals surface area contributed by atoms with E-state index >= 15 is 0 Å². The Balaban J connectivity index is 2.77. The molecule has 0 aromatic heterocycles. The van der Waals surface area contributed by atoms with Crippen LogP contribution in [0.2, 0.25) is 0 Å². The van der Waals surface area contributed by atoms with Crippen molar-refractivity contribution in [1.29, 1.82) is 0 Å². The molecule has 2 unspecified atom stereocenters. The molecule has 2 amide bonds. The highest BCUT2D eigenvalue weighted by Gasteiger charge is 2.55. The Morgan fingerprint density at radius 1 is 1.09 bits per heavy atom. The van der Waals surface area contributed by atoms with Gasteiger partial charge in [0.2, 0.25) is 11.8 Å². The molecular weight excluding hydrogens is 580 g/mol. The maximum absolute atomic E-state index is 14.8. The molecule has 0 radical (unpaired) electrons. The molecule has 1 saturated heterocycles. The minimum absolute atomic E-state index is 0.0320. The number of carbonyl (C=O) groups excluding carboxylic acids is 2. The Morgan fingerprint density at radius 2 is 1.77 bits per heavy atom. The first-order valence-electron chi connectivity index (χ1n) is 16.2. The quantitative estimate of drug-likeness (QED) is 0.115. The molecule has 250 valence electrons. The summed E-state index contributed by atoms with van der Waals surface area (Å²) in [5.41, 5.74) is 5.55. The molecule has 1 aromatic rings. The smallest absolute Gasteiger partial charge is 0.249 e. The molecule has 1 aliphatic heterocycles. The molecule has 0 spiro atoms. The Labute approximate surface area is 265 Å². The molecule has 2 rings (SSSR count). The third-order valence-corrected chi connectivity index (χ3v) is 10.8. The predicted octanol–water partition coefficient (Wildman–Crippen LogP) is 4.47. The number of rotatable bonds is 19. The molecule has 1 aliphatic rings. The van der Waals surface area contributed by atoms with Crippen LogP contribution in [0.1, 0.15) is 85.6 Å². The van der Waals surface area contributed by atoms with Crippen LogP contribution in [-0.4, -0.2) is 68.2 Å². The number of ether oxygens (including phenoxy) is 1. The average Bonchev–Trinajstić information content (AvgIpc) is 3.00. The summed E-state index contributed by atoms with van der Waals surface area (Å²) in [7, 11) is -4.05. The lowest BCUT2D eigenvalue weighted by Gasteiger charge is -2.42. The lowest BCUT2D eigenvalue weighted by Crippen LogP contribution is -2.58. The van der Waals surface area contributed by atoms with Crippen molar-refractivity contribution in [2.45, 2.75) is 91.1 Å². The van der Waals surface area contributed by atoms with Crippen LogP contribution in [0.15, 0.2) is 36.4 Å². The Kier molecular flexibility index (Phi) is 16.0. The lowest BCUT2D eigenvalue weighted by molar-refractivity contribution is -0.203. The van der Waals surface area contributed by atoms with E-state index in [0.717, 1.165) is 31.5 Å². The van der Waals surface area contributed by atoms with Crippen molar-refractivity contribution in [3.05, 3.63) is 42.0 Å². The minimum atomic E-state index is -4.05. The summed E-state index contributed by atoms with van der Waals surface area (Å²) in [6.45, 7) is 14.5. The van der Waals surface area contributed by atoms with E-state index < -0.39 is 44.5 Å². The maximum Gasteiger partial charge on any atom is 0.249 e. The highest BCUT2D eigenvalue weighted by atomic mass is 32.2. The van der Waals surface area contributed by atoms with Gasteiger partial charge in [-0.1, -0.05) is 84.0 Å². The van der Waals surface area contributed by atoms with E-state index in [1.54, 1.807) is 12.2 Å². The van der Waals surface area contributed by atoms with Gasteiger partial charge >= 0.3 is 0 Å². The molecule has 1 heterocycles. The van der Waals surface area contributed by atoms with Gasteiger partial charge in [-0.2, -0.15) is 0 Å². The minimum Gasteiger partial charge on any atom is -0.350 e. The van der Waals surface area contributed by atoms with E-state index in [1.807, 2.05) is 71.9 Å². The highest BCUT2D eigenvalue weighted by molar-refractivity contribution is 7.93. The molecule has 0 bridgehead atoms. The SMILES string of the molecule is CCN(CC)CCCS(=O)(=O)C(/C=C/c1ccccc1)(CC(C)C)[C@H](C(=O)NOC1CCCCO1)[C@@H](CC(C)C)C(=O)NN. The Hall–Kier alpha value is -2.31. The van der Waals surface area contributed by atoms with Crippen LogP contribution in [0.25, 0.3) is 6.08 Å². The number of nitrogens with one attached hydrogen (secondary N) is 2. The Bertz CT molecular complexity index is 1130. The molecular formula is C33H56N4O6S. The van der Waals surface area contributed by atoms with Crippen molar-refractivity contribution in [2.75, 3.05) is 32.0 Å². The number of hydroxylamine groups is 1. The summed E-state index contributed by atoms with van der Waals surface area (Å²) in [4.78, 5) is 35.8. The maximum atomic E-state index is 14.8. The van der Waals surface area contributed by atoms with Crippen molar-refractivity contribution in [2.24, 2.45) is 29.5 Å². The van der Waals surface area contributed by atoms with Gasteiger partial charge in [-0.3, -0.25) is 15.0 Å². The van der Waals surface area contributed by atoms with E-state index in [-0.39, 0.29) is 30.4 Å². The third kappa shape index (κ3) is 10.9. The highest BCUT2D eigenvalue weighted by Crippen LogP contribution is 2.43. The van der Waals surface area contributed by atoms with Crippen molar-refractivity contribution < 1.29 is 27.6 Å². The van der Waals surface area contributed by atoms with Gasteiger partial charge in [0.05, 0.1) is 17.6 Å². The fourth-order valence-corrected chi connectivity index (χ4v) is 8.53. The van der Waals surface area contributed by atoms with Crippen LogP contribution in [0.5, 0.6) is 0 Å². The average molecular weight is 637 g/mol. The van der Waals surface area contributed by atoms with Gasteiger partial charge in [0.1, 0.15) is 4.75 Å². The molecule has 4 N–H and O–H groups in total. The monoisotopic (exact) mass is 636 g/mol. The summed E-state index contributed by atoms with van der Waals surface area (Å²) in [6, 6.07) is 9.37. The number of hydrazine groups is 1. The van der Waals surface area contributed by atoms with Gasteiger partial charge < -0.3 is 9.64 Å². The summed E-state index contributed by atoms with van der Waals surface area (Å²) >= 11 is 0. The van der Waals surface area contributed by atoms with Crippen LogP contribution in [0.4, 0.5) is 0 Å². The predicted molar refractivity (Wildman–Crippen MR) is 175 cm³/mol. The van der Waals surface area contributed by atoms with Gasteiger partial charge in [0.15, 0.2) is 16.1 Å². The lowest BCUT2D eigenvalue weighted by atomic mass is 9.72. The van der Waals surface area contributed by atoms with Gasteiger partial charge in [0.25, 0.3) is 0 Å². The topological polar surface area (TPSA) is 140 Å². The van der Waals surface area contributed by atoms with E-state index in [4.69, 9.17) is 15.4 Å². The zero-order chi connectivity index (χ0) is 32.8. The molecule has 1 fully saturated rings. The zero-order valence-corrected chi connectivity index (χ0v) is 28.4. The first-order valence-corrected chi connectivity index (χ1v) is 17.8. The van der Waals surface area contributed by atoms with E-state index in [2.05, 4.69) is 15.8 Å². The van der Waals surface area contributed by atoms with Crippen LogP contribution >= 0.6 is 0 Å². The van der Waals surface area contributed by atoms with Crippen LogP contribution in [0, 0.1) is 23.7 Å². The number of nitrogens with two attached hydrogens (primary N) is 1. The van der Waals surface area contributed by atoms with Gasteiger partial charge in [-0.15, -0.1) is 0 Å². The molecule has 44 heavy (non-hydrogen) atoms. The first kappa shape index (κ1) is 37.9. The number of sulfone groups is 1. The number of amides is 2. The van der Waals surface area contributed by atoms with E-state index in [9.17, 15) is 18.0 Å². The van der Waals surface area contributed by atoms with Gasteiger partial charge in [-0.25, -0.2) is 24.6 Å². The number of hydrogen-bond donors (Lipinski definition) is 3. The number of benzene rings is 1. The van der Waals surface area contributed by atoms with Crippen LogP contribution in [-0.2, 0) is 29.0 Å². The summed E-state index contributed by atoms with van der Waals surface area (Å²) < 4.78 is 33.6. The largest absolute Gasteiger partial charge is 0.350 e. The molecule has 0 saturated carbocycles. The second-order valence-corrected chi connectivity index (χ2v) is 15.0. The molecule has 0 aliphatic carbocycles. The standard InChI is InChI=1S/C33H56N4O6S/c1-7-37(8-2)20-14-22-44(40,41)33(24-26(5)6,19-18-27-15-10-9-11-16-27)30(28(23-25(3)4)31(38)35-34)32(39)36-43-29-17-12-13-21-42-29/h9-11,15-16,18-19,25-26,28-30H,7-8,12-14,17,20-24,34H2,1-6H3,(H,35,38)(H,36,39)/b19-18+/t28-,29?,30+,33?/m1/s1. The number of carbonyl (C=O) groups is 2. The molecule has 4 atom stereocenters. The fourth-order valence-electron chi connectivity index (χ4n) is 6.12. The first-order chi connectivity index (χ1) is 20.9. The fraction of sp³-hybridized carbons (Fsp3) is 0.697. The Morgan fingerprint density at radius 3 is 2.32 bits per heavy atom. The summed E-state index contributed by atoms with van der Waals surface area (Å²) in [5, 5.41) is 0. The van der Waals surface area contributed by atoms with Crippen molar-refractivity contribution in [3.63, 3.8) is 0 Å². The summed E-state index contributed by atoms with van der Waals surface area (Å²) in [6.07, 6.45) is 5.88. The summed E-state index contributed by atoms with van der Waals surface area (Å²) in [5.74, 6) is 1.72. The zero-order valence-electron chi connectivity index (χ0n) is 27.6. The second-order valence-electron chi connectivity index (χ2n) is 12.6. The van der Waals surface area contributed by atoms with Crippen LogP contribution < -0.4 is 16.7 Å². The van der Waals surface area contributed by atoms with Gasteiger partial charge in [0, 0.05) is 13.0 Å².